The van der Waals surface area contributed by atoms with Crippen LogP contribution in [0.2, 0.25) is 0 Å². The normalized spacial score (nSPS) is 7.33. The van der Waals surface area contributed by atoms with Crippen molar-refractivity contribution in [3.63, 3.8) is 0 Å². The lowest BCUT2D eigenvalue weighted by Gasteiger charge is -1.73. The summed E-state index contributed by atoms with van der Waals surface area (Å²) >= 11 is 10.2. The predicted octanol–water partition coefficient (Wildman–Crippen LogP) is 1.98. The topological polar surface area (TPSA) is 0 Å². The minimum absolute atomic E-state index is 0.123. The Balaban J connectivity index is 3.20. The zero-order chi connectivity index (χ0) is 4.99. The second kappa shape index (κ2) is 3.33. The lowest BCUT2D eigenvalue weighted by Crippen LogP contribution is -1.59. The zero-order valence-electron chi connectivity index (χ0n) is 3.26. The standard InChI is InChI=1S/C4H3Cl2/c1-2-3-4(5)6/h1H3. The van der Waals surface area contributed by atoms with Crippen molar-refractivity contribution < 1.29 is 0 Å². The maximum absolute atomic E-state index is 5.09. The largest absolute Gasteiger partial charge is 0.221 e. The minimum atomic E-state index is 0.123. The third kappa shape index (κ3) is 4.14. The maximum Gasteiger partial charge on any atom is 0.221 e. The average Bonchev–Trinajstić information content (AvgIpc) is 1.35. The molecule has 2 heteroatoms. The molecule has 0 amide bonds. The number of halogens is 2. The van der Waals surface area contributed by atoms with Crippen LogP contribution in [0.15, 0.2) is 0 Å². The molecule has 6 heavy (non-hydrogen) atoms. The summed E-state index contributed by atoms with van der Waals surface area (Å²) in [5.41, 5.74) is 0. The summed E-state index contributed by atoms with van der Waals surface area (Å²) in [5.74, 6) is 4.92. The molecule has 0 aliphatic carbocycles. The molecule has 0 nitrogen and oxygen atoms in total. The molecule has 0 spiro atoms. The van der Waals surface area contributed by atoms with Gasteiger partial charge in [0.2, 0.25) is 4.84 Å². The van der Waals surface area contributed by atoms with Gasteiger partial charge in [-0.15, -0.1) is 5.92 Å². The van der Waals surface area contributed by atoms with Crippen LogP contribution in [-0.2, 0) is 0 Å². The molecule has 0 aromatic heterocycles. The van der Waals surface area contributed by atoms with Crippen molar-refractivity contribution in [3.8, 4) is 11.8 Å². The highest BCUT2D eigenvalue weighted by Crippen LogP contribution is 2.07. The molecule has 0 N–H and O–H groups in total. The van der Waals surface area contributed by atoms with Gasteiger partial charge in [0.05, 0.1) is 0 Å². The van der Waals surface area contributed by atoms with E-state index in [0.717, 1.165) is 0 Å². The van der Waals surface area contributed by atoms with Gasteiger partial charge in [-0.25, -0.2) is 0 Å². The van der Waals surface area contributed by atoms with Gasteiger partial charge in [0, 0.05) is 0 Å². The molecule has 0 aliphatic heterocycles. The first-order chi connectivity index (χ1) is 2.77. The van der Waals surface area contributed by atoms with Gasteiger partial charge in [0.15, 0.2) is 0 Å². The third-order valence-electron chi connectivity index (χ3n) is 0.219. The van der Waals surface area contributed by atoms with E-state index in [9.17, 15) is 0 Å². The Labute approximate surface area is 47.4 Å². The van der Waals surface area contributed by atoms with Crippen LogP contribution in [0.1, 0.15) is 6.92 Å². The van der Waals surface area contributed by atoms with E-state index >= 15 is 0 Å². The average molecular weight is 122 g/mol. The van der Waals surface area contributed by atoms with Gasteiger partial charge in [0.1, 0.15) is 0 Å². The van der Waals surface area contributed by atoms with Gasteiger partial charge in [-0.3, -0.25) is 0 Å². The maximum atomic E-state index is 5.09. The van der Waals surface area contributed by atoms with Crippen molar-refractivity contribution in [3.05, 3.63) is 4.84 Å². The molecule has 0 heterocycles. The smallest absolute Gasteiger partial charge is 0.103 e. The van der Waals surface area contributed by atoms with Crippen LogP contribution in [0.3, 0.4) is 0 Å². The van der Waals surface area contributed by atoms with E-state index < -0.39 is 0 Å². The molecule has 0 rings (SSSR count). The van der Waals surface area contributed by atoms with E-state index in [1.807, 2.05) is 0 Å². The number of hydrogen-bond donors (Lipinski definition) is 0. The Bertz CT molecular complexity index is 75.3. The van der Waals surface area contributed by atoms with Gasteiger partial charge in [0.25, 0.3) is 0 Å². The molecular weight excluding hydrogens is 119 g/mol. The van der Waals surface area contributed by atoms with E-state index in [1.165, 1.54) is 0 Å². The fourth-order valence-electron chi connectivity index (χ4n) is 0.0945. The van der Waals surface area contributed by atoms with Crippen LogP contribution in [0, 0.1) is 16.7 Å². The molecular formula is C4H3Cl2. The van der Waals surface area contributed by atoms with Crippen LogP contribution in [0.4, 0.5) is 0 Å². The van der Waals surface area contributed by atoms with E-state index in [0.29, 0.717) is 0 Å². The summed E-state index contributed by atoms with van der Waals surface area (Å²) in [6.07, 6.45) is 0. The lowest BCUT2D eigenvalue weighted by atomic mass is 10.7. The first-order valence-corrected chi connectivity index (χ1v) is 2.13. The van der Waals surface area contributed by atoms with Gasteiger partial charge in [-0.2, -0.15) is 0 Å². The van der Waals surface area contributed by atoms with Gasteiger partial charge < -0.3 is 0 Å². The second-order valence-electron chi connectivity index (χ2n) is 0.635. The van der Waals surface area contributed by atoms with Crippen LogP contribution >= 0.6 is 23.2 Å². The third-order valence-corrected chi connectivity index (χ3v) is 0.408. The summed E-state index contributed by atoms with van der Waals surface area (Å²) in [5, 5.41) is 0. The minimum Gasteiger partial charge on any atom is -0.103 e. The van der Waals surface area contributed by atoms with Crippen LogP contribution in [0.5, 0.6) is 0 Å². The van der Waals surface area contributed by atoms with Crippen LogP contribution in [-0.4, -0.2) is 0 Å². The SMILES string of the molecule is CC#C[C](Cl)Cl. The van der Waals surface area contributed by atoms with E-state index in [4.69, 9.17) is 23.2 Å². The second-order valence-corrected chi connectivity index (χ2v) is 1.58. The quantitative estimate of drug-likeness (QED) is 0.431. The first-order valence-electron chi connectivity index (χ1n) is 1.38. The van der Waals surface area contributed by atoms with Gasteiger partial charge in [-0.1, -0.05) is 29.1 Å². The summed E-state index contributed by atoms with van der Waals surface area (Å²) in [4.78, 5) is 0.123. The van der Waals surface area contributed by atoms with E-state index in [2.05, 4.69) is 11.8 Å². The number of rotatable bonds is 0. The molecule has 0 unspecified atom stereocenters. The highest BCUT2D eigenvalue weighted by Gasteiger charge is 1.85. The van der Waals surface area contributed by atoms with Crippen LogP contribution < -0.4 is 0 Å². The molecule has 0 aliphatic rings. The van der Waals surface area contributed by atoms with Gasteiger partial charge in [-0.05, 0) is 6.92 Å². The Kier molecular flexibility index (Phi) is 3.41. The van der Waals surface area contributed by atoms with Gasteiger partial charge >= 0.3 is 0 Å². The van der Waals surface area contributed by atoms with Crippen molar-refractivity contribution in [1.82, 2.24) is 0 Å². The monoisotopic (exact) mass is 121 g/mol. The van der Waals surface area contributed by atoms with Crippen molar-refractivity contribution in [2.24, 2.45) is 0 Å². The molecule has 0 saturated carbocycles. The zero-order valence-corrected chi connectivity index (χ0v) is 4.77. The summed E-state index contributed by atoms with van der Waals surface area (Å²) < 4.78 is 0. The Morgan fingerprint density at radius 2 is 2.00 bits per heavy atom. The van der Waals surface area contributed by atoms with Crippen molar-refractivity contribution in [1.29, 1.82) is 0 Å². The first kappa shape index (κ1) is 6.14. The Hall–Kier alpha value is 0.140. The van der Waals surface area contributed by atoms with E-state index in [1.54, 1.807) is 6.92 Å². The molecule has 0 aromatic rings. The molecule has 33 valence electrons. The molecule has 0 saturated heterocycles. The Morgan fingerprint density at radius 3 is 2.00 bits per heavy atom. The lowest BCUT2D eigenvalue weighted by molar-refractivity contribution is 1.88. The molecule has 0 bridgehead atoms. The fourth-order valence-corrected chi connectivity index (χ4v) is 0.283. The van der Waals surface area contributed by atoms with E-state index in [-0.39, 0.29) is 4.84 Å². The van der Waals surface area contributed by atoms with Crippen molar-refractivity contribution in [2.75, 3.05) is 0 Å². The Morgan fingerprint density at radius 1 is 1.50 bits per heavy atom. The molecule has 0 atom stereocenters. The van der Waals surface area contributed by atoms with Crippen molar-refractivity contribution >= 4 is 23.2 Å². The molecule has 1 radical (unpaired) electrons. The molecule has 0 fully saturated rings. The van der Waals surface area contributed by atoms with Crippen LogP contribution in [0.25, 0.3) is 0 Å². The fraction of sp³-hybridized carbons (Fsp3) is 0.250. The summed E-state index contributed by atoms with van der Waals surface area (Å²) in [7, 11) is 0. The highest BCUT2D eigenvalue weighted by atomic mass is 35.5. The number of hydrogen-bond acceptors (Lipinski definition) is 0. The highest BCUT2D eigenvalue weighted by molar-refractivity contribution is 6.54. The molecule has 0 aromatic carbocycles. The summed E-state index contributed by atoms with van der Waals surface area (Å²) in [6.45, 7) is 1.67. The van der Waals surface area contributed by atoms with Crippen molar-refractivity contribution in [2.45, 2.75) is 6.92 Å². The summed E-state index contributed by atoms with van der Waals surface area (Å²) in [6, 6.07) is 0. The predicted molar refractivity (Wildman–Crippen MR) is 28.4 cm³/mol.